The van der Waals surface area contributed by atoms with Crippen LogP contribution in [-0.2, 0) is 0 Å². The van der Waals surface area contributed by atoms with E-state index in [1.54, 1.807) is 0 Å². The van der Waals surface area contributed by atoms with E-state index in [-0.39, 0.29) is 0 Å². The van der Waals surface area contributed by atoms with Crippen LogP contribution in [0.1, 0.15) is 27.2 Å². The largest absolute Gasteiger partial charge is 0.373 e. The third-order valence-electron chi connectivity index (χ3n) is 2.82. The minimum Gasteiger partial charge on any atom is -0.373 e. The van der Waals surface area contributed by atoms with Crippen molar-refractivity contribution in [2.45, 2.75) is 33.2 Å². The summed E-state index contributed by atoms with van der Waals surface area (Å²) in [4.78, 5) is 10.5. The van der Waals surface area contributed by atoms with E-state index in [9.17, 15) is 0 Å². The highest BCUT2D eigenvalue weighted by Gasteiger charge is 2.14. The minimum absolute atomic E-state index is 0.301. The fourth-order valence-electron chi connectivity index (χ4n) is 1.83. The SMILES string of the molecule is CNc1cc(N(C)C(C)CC(C)C)nc(N)n1. The molecule has 1 aromatic rings. The average molecular weight is 237 g/mol. The number of aromatic nitrogens is 2. The standard InChI is InChI=1S/C12H23N5/c1-8(2)6-9(3)17(5)11-7-10(14-4)15-12(13)16-11/h7-9H,6H2,1-5H3,(H3,13,14,15,16). The maximum Gasteiger partial charge on any atom is 0.223 e. The van der Waals surface area contributed by atoms with Gasteiger partial charge in [-0.3, -0.25) is 0 Å². The molecule has 17 heavy (non-hydrogen) atoms. The molecule has 0 aliphatic carbocycles. The first-order chi connectivity index (χ1) is 7.93. The summed E-state index contributed by atoms with van der Waals surface area (Å²) in [5.74, 6) is 2.57. The van der Waals surface area contributed by atoms with Crippen LogP contribution in [0, 0.1) is 5.92 Å². The van der Waals surface area contributed by atoms with Crippen molar-refractivity contribution in [3.63, 3.8) is 0 Å². The molecule has 0 amide bonds. The minimum atomic E-state index is 0.301. The van der Waals surface area contributed by atoms with Crippen LogP contribution >= 0.6 is 0 Å². The molecule has 0 saturated heterocycles. The van der Waals surface area contributed by atoms with E-state index in [1.807, 2.05) is 20.2 Å². The number of hydrogen-bond acceptors (Lipinski definition) is 5. The highest BCUT2D eigenvalue weighted by Crippen LogP contribution is 2.20. The molecule has 0 radical (unpaired) electrons. The topological polar surface area (TPSA) is 67.1 Å². The first kappa shape index (κ1) is 13.5. The van der Waals surface area contributed by atoms with Gasteiger partial charge >= 0.3 is 0 Å². The van der Waals surface area contributed by atoms with Crippen molar-refractivity contribution in [2.75, 3.05) is 30.0 Å². The van der Waals surface area contributed by atoms with E-state index < -0.39 is 0 Å². The van der Waals surface area contributed by atoms with Crippen LogP contribution in [0.4, 0.5) is 17.6 Å². The number of nitrogens with one attached hydrogen (secondary N) is 1. The van der Waals surface area contributed by atoms with Crippen molar-refractivity contribution >= 4 is 17.6 Å². The summed E-state index contributed by atoms with van der Waals surface area (Å²) < 4.78 is 0. The van der Waals surface area contributed by atoms with E-state index in [4.69, 9.17) is 5.73 Å². The van der Waals surface area contributed by atoms with E-state index >= 15 is 0 Å². The lowest BCUT2D eigenvalue weighted by molar-refractivity contribution is 0.502. The summed E-state index contributed by atoms with van der Waals surface area (Å²) in [6.07, 6.45) is 1.12. The van der Waals surface area contributed by atoms with E-state index in [0.717, 1.165) is 18.1 Å². The second-order valence-corrected chi connectivity index (χ2v) is 4.81. The number of nitrogens with zero attached hydrogens (tertiary/aromatic N) is 3. The molecule has 0 aliphatic rings. The van der Waals surface area contributed by atoms with E-state index in [0.29, 0.717) is 17.9 Å². The molecule has 0 aliphatic heterocycles. The molecule has 0 saturated carbocycles. The lowest BCUT2D eigenvalue weighted by atomic mass is 10.0. The van der Waals surface area contributed by atoms with Gasteiger partial charge in [0.05, 0.1) is 0 Å². The van der Waals surface area contributed by atoms with Crippen LogP contribution in [0.3, 0.4) is 0 Å². The van der Waals surface area contributed by atoms with Crippen LogP contribution in [0.5, 0.6) is 0 Å². The number of nitrogen functional groups attached to an aromatic ring is 1. The molecule has 5 nitrogen and oxygen atoms in total. The first-order valence-electron chi connectivity index (χ1n) is 5.99. The molecule has 0 aromatic carbocycles. The maximum atomic E-state index is 5.69. The zero-order valence-electron chi connectivity index (χ0n) is 11.4. The summed E-state index contributed by atoms with van der Waals surface area (Å²) in [6.45, 7) is 6.63. The quantitative estimate of drug-likeness (QED) is 0.819. The van der Waals surface area contributed by atoms with Crippen molar-refractivity contribution in [3.05, 3.63) is 6.07 Å². The Balaban J connectivity index is 2.87. The van der Waals surface area contributed by atoms with Gasteiger partial charge in [-0.15, -0.1) is 0 Å². The van der Waals surface area contributed by atoms with Gasteiger partial charge in [-0.25, -0.2) is 0 Å². The Morgan fingerprint density at radius 2 is 2.00 bits per heavy atom. The number of hydrogen-bond donors (Lipinski definition) is 2. The van der Waals surface area contributed by atoms with Crippen molar-refractivity contribution in [1.29, 1.82) is 0 Å². The first-order valence-corrected chi connectivity index (χ1v) is 5.99. The Morgan fingerprint density at radius 3 is 2.53 bits per heavy atom. The second-order valence-electron chi connectivity index (χ2n) is 4.81. The Labute approximate surface area is 103 Å². The van der Waals surface area contributed by atoms with Crippen LogP contribution in [0.2, 0.25) is 0 Å². The Kier molecular flexibility index (Phi) is 4.54. The Hall–Kier alpha value is -1.52. The maximum absolute atomic E-state index is 5.69. The van der Waals surface area contributed by atoms with Gasteiger partial charge in [-0.1, -0.05) is 13.8 Å². The molecular formula is C12H23N5. The van der Waals surface area contributed by atoms with Crippen molar-refractivity contribution in [3.8, 4) is 0 Å². The summed E-state index contributed by atoms with van der Waals surface area (Å²) >= 11 is 0. The highest BCUT2D eigenvalue weighted by atomic mass is 15.2. The van der Waals surface area contributed by atoms with Crippen LogP contribution in [0.15, 0.2) is 6.07 Å². The lowest BCUT2D eigenvalue weighted by Crippen LogP contribution is -2.31. The van der Waals surface area contributed by atoms with Crippen molar-refractivity contribution in [1.82, 2.24) is 9.97 Å². The summed E-state index contributed by atoms with van der Waals surface area (Å²) in [6, 6.07) is 2.33. The Bertz CT molecular complexity index is 364. The monoisotopic (exact) mass is 237 g/mol. The van der Waals surface area contributed by atoms with Crippen molar-refractivity contribution < 1.29 is 0 Å². The molecule has 1 rings (SSSR count). The van der Waals surface area contributed by atoms with Gasteiger partial charge < -0.3 is 16.0 Å². The summed E-state index contributed by atoms with van der Waals surface area (Å²) in [7, 11) is 3.86. The van der Waals surface area contributed by atoms with Crippen molar-refractivity contribution in [2.24, 2.45) is 5.92 Å². The molecular weight excluding hydrogens is 214 g/mol. The second kappa shape index (κ2) is 5.70. The molecule has 1 aromatic heterocycles. The van der Waals surface area contributed by atoms with E-state index in [2.05, 4.69) is 41.0 Å². The zero-order chi connectivity index (χ0) is 13.0. The fraction of sp³-hybridized carbons (Fsp3) is 0.667. The van der Waals surface area contributed by atoms with Crippen LogP contribution in [0.25, 0.3) is 0 Å². The average Bonchev–Trinajstić information content (AvgIpc) is 2.26. The highest BCUT2D eigenvalue weighted by molar-refractivity contribution is 5.52. The van der Waals surface area contributed by atoms with E-state index in [1.165, 1.54) is 0 Å². The smallest absolute Gasteiger partial charge is 0.223 e. The predicted octanol–water partition coefficient (Wildman–Crippen LogP) is 1.97. The molecule has 96 valence electrons. The molecule has 1 heterocycles. The fourth-order valence-corrected chi connectivity index (χ4v) is 1.83. The third-order valence-corrected chi connectivity index (χ3v) is 2.82. The van der Waals surface area contributed by atoms with Gasteiger partial charge in [0.25, 0.3) is 0 Å². The van der Waals surface area contributed by atoms with Gasteiger partial charge in [-0.2, -0.15) is 9.97 Å². The Morgan fingerprint density at radius 1 is 1.35 bits per heavy atom. The molecule has 3 N–H and O–H groups in total. The normalized spacial score (nSPS) is 12.6. The van der Waals surface area contributed by atoms with Gasteiger partial charge in [-0.05, 0) is 19.3 Å². The van der Waals surface area contributed by atoms with Gasteiger partial charge in [0.1, 0.15) is 11.6 Å². The summed E-state index contributed by atoms with van der Waals surface area (Å²) in [5.41, 5.74) is 5.69. The molecule has 5 heteroatoms. The molecule has 0 spiro atoms. The van der Waals surface area contributed by atoms with Gasteiger partial charge in [0.2, 0.25) is 5.95 Å². The molecule has 1 atom stereocenters. The predicted molar refractivity (Wildman–Crippen MR) is 73.3 cm³/mol. The molecule has 0 fully saturated rings. The number of rotatable bonds is 5. The molecule has 1 unspecified atom stereocenters. The lowest BCUT2D eigenvalue weighted by Gasteiger charge is -2.27. The van der Waals surface area contributed by atoms with Gasteiger partial charge in [0.15, 0.2) is 0 Å². The van der Waals surface area contributed by atoms with Crippen LogP contribution < -0.4 is 16.0 Å². The number of anilines is 3. The summed E-state index contributed by atoms with van der Waals surface area (Å²) in [5, 5.41) is 2.98. The van der Waals surface area contributed by atoms with Crippen LogP contribution in [-0.4, -0.2) is 30.1 Å². The van der Waals surface area contributed by atoms with Gasteiger partial charge in [0, 0.05) is 26.2 Å². The number of nitrogens with two attached hydrogens (primary N) is 1. The third kappa shape index (κ3) is 3.76. The molecule has 0 bridgehead atoms. The zero-order valence-corrected chi connectivity index (χ0v) is 11.4.